The number of nitrogens with zero attached hydrogens (tertiary/aromatic N) is 2. The fourth-order valence-corrected chi connectivity index (χ4v) is 2.32. The summed E-state index contributed by atoms with van der Waals surface area (Å²) < 4.78 is 38.1. The maximum absolute atomic E-state index is 12.7. The summed E-state index contributed by atoms with van der Waals surface area (Å²) in [7, 11) is 0. The Balaban J connectivity index is 2.45. The first-order valence-corrected chi connectivity index (χ1v) is 6.26. The summed E-state index contributed by atoms with van der Waals surface area (Å²) in [5, 5.41) is 9.10. The average Bonchev–Trinajstić information content (AvgIpc) is 2.67. The molecule has 1 aromatic rings. The van der Waals surface area contributed by atoms with E-state index in [1.807, 2.05) is 13.8 Å². The lowest BCUT2D eigenvalue weighted by atomic mass is 10.0. The molecule has 7 heteroatoms. The number of hydrogen-bond donors (Lipinski definition) is 1. The number of carboxylic acids is 1. The van der Waals surface area contributed by atoms with Crippen molar-refractivity contribution < 1.29 is 23.1 Å². The molecule has 1 aliphatic heterocycles. The van der Waals surface area contributed by atoms with Crippen LogP contribution in [0.25, 0.3) is 0 Å². The predicted molar refractivity (Wildman–Crippen MR) is 66.7 cm³/mol. The predicted octanol–water partition coefficient (Wildman–Crippen LogP) is 2.89. The summed E-state index contributed by atoms with van der Waals surface area (Å²) in [5.41, 5.74) is -1.26. The Kier molecular flexibility index (Phi) is 3.62. The monoisotopic (exact) mass is 288 g/mol. The van der Waals surface area contributed by atoms with E-state index in [0.717, 1.165) is 6.07 Å². The minimum Gasteiger partial charge on any atom is -0.478 e. The first kappa shape index (κ1) is 14.6. The molecule has 1 aromatic heterocycles. The zero-order valence-corrected chi connectivity index (χ0v) is 11.1. The van der Waals surface area contributed by atoms with Crippen molar-refractivity contribution in [2.45, 2.75) is 20.0 Å². The van der Waals surface area contributed by atoms with Crippen molar-refractivity contribution in [1.82, 2.24) is 4.98 Å². The lowest BCUT2D eigenvalue weighted by molar-refractivity contribution is -0.141. The molecule has 1 N–H and O–H groups in total. The van der Waals surface area contributed by atoms with Crippen LogP contribution in [0.3, 0.4) is 0 Å². The molecule has 0 bridgehead atoms. The van der Waals surface area contributed by atoms with Gasteiger partial charge in [-0.25, -0.2) is 9.78 Å². The standard InChI is InChI=1S/C13H15F3N2O2/c1-7-5-18(6-8(7)2)11-9(12(19)20)3-4-10(17-11)13(14,15)16/h3-4,7-8H,5-6H2,1-2H3,(H,19,20). The molecule has 2 unspecified atom stereocenters. The molecular formula is C13H15F3N2O2. The number of carbonyl (C=O) groups is 1. The highest BCUT2D eigenvalue weighted by atomic mass is 19.4. The number of rotatable bonds is 2. The van der Waals surface area contributed by atoms with Gasteiger partial charge >= 0.3 is 12.1 Å². The third kappa shape index (κ3) is 2.71. The summed E-state index contributed by atoms with van der Waals surface area (Å²) >= 11 is 0. The van der Waals surface area contributed by atoms with Gasteiger partial charge in [-0.15, -0.1) is 0 Å². The molecular weight excluding hydrogens is 273 g/mol. The Labute approximate surface area is 114 Å². The second kappa shape index (κ2) is 4.96. The number of aromatic carboxylic acids is 1. The van der Waals surface area contributed by atoms with Gasteiger partial charge in [0.1, 0.15) is 17.1 Å². The van der Waals surface area contributed by atoms with Crippen LogP contribution in [0.15, 0.2) is 12.1 Å². The highest BCUT2D eigenvalue weighted by molar-refractivity contribution is 5.93. The lowest BCUT2D eigenvalue weighted by Crippen LogP contribution is -2.25. The molecule has 0 aromatic carbocycles. The van der Waals surface area contributed by atoms with Crippen LogP contribution in [0.4, 0.5) is 19.0 Å². The summed E-state index contributed by atoms with van der Waals surface area (Å²) in [6, 6.07) is 1.68. The second-order valence-corrected chi connectivity index (χ2v) is 5.23. The molecule has 0 aliphatic carbocycles. The van der Waals surface area contributed by atoms with E-state index in [1.165, 1.54) is 0 Å². The maximum atomic E-state index is 12.7. The van der Waals surface area contributed by atoms with Crippen molar-refractivity contribution in [2.75, 3.05) is 18.0 Å². The van der Waals surface area contributed by atoms with E-state index >= 15 is 0 Å². The molecule has 0 saturated carbocycles. The Morgan fingerprint density at radius 2 is 1.85 bits per heavy atom. The van der Waals surface area contributed by atoms with Crippen LogP contribution >= 0.6 is 0 Å². The molecule has 2 rings (SSSR count). The Morgan fingerprint density at radius 1 is 1.30 bits per heavy atom. The van der Waals surface area contributed by atoms with Crippen LogP contribution in [0.5, 0.6) is 0 Å². The first-order valence-electron chi connectivity index (χ1n) is 6.26. The summed E-state index contributed by atoms with van der Waals surface area (Å²) in [4.78, 5) is 16.3. The van der Waals surface area contributed by atoms with E-state index in [0.29, 0.717) is 19.2 Å². The SMILES string of the molecule is CC1CN(c2nc(C(F)(F)F)ccc2C(=O)O)CC1C. The fraction of sp³-hybridized carbons (Fsp3) is 0.538. The van der Waals surface area contributed by atoms with Gasteiger partial charge in [0, 0.05) is 13.1 Å². The highest BCUT2D eigenvalue weighted by Crippen LogP contribution is 2.33. The Morgan fingerprint density at radius 3 is 2.30 bits per heavy atom. The molecule has 1 aliphatic rings. The van der Waals surface area contributed by atoms with Crippen molar-refractivity contribution in [2.24, 2.45) is 11.8 Å². The molecule has 2 atom stereocenters. The third-order valence-electron chi connectivity index (χ3n) is 3.68. The van der Waals surface area contributed by atoms with Crippen LogP contribution in [0, 0.1) is 11.8 Å². The van der Waals surface area contributed by atoms with E-state index in [-0.39, 0.29) is 23.2 Å². The van der Waals surface area contributed by atoms with Gasteiger partial charge in [-0.2, -0.15) is 13.2 Å². The van der Waals surface area contributed by atoms with Gasteiger partial charge < -0.3 is 10.0 Å². The second-order valence-electron chi connectivity index (χ2n) is 5.23. The van der Waals surface area contributed by atoms with Gasteiger partial charge in [-0.3, -0.25) is 0 Å². The van der Waals surface area contributed by atoms with Crippen LogP contribution in [0.2, 0.25) is 0 Å². The van der Waals surface area contributed by atoms with Crippen molar-refractivity contribution in [3.63, 3.8) is 0 Å². The maximum Gasteiger partial charge on any atom is 0.433 e. The largest absolute Gasteiger partial charge is 0.478 e. The summed E-state index contributed by atoms with van der Waals surface area (Å²) in [6.45, 7) is 4.99. The quantitative estimate of drug-likeness (QED) is 0.909. The Hall–Kier alpha value is -1.79. The zero-order chi connectivity index (χ0) is 15.1. The Bertz CT molecular complexity index is 521. The minimum atomic E-state index is -4.58. The molecule has 0 radical (unpaired) electrons. The number of aromatic nitrogens is 1. The van der Waals surface area contributed by atoms with Gasteiger partial charge in [-0.1, -0.05) is 13.8 Å². The van der Waals surface area contributed by atoms with Crippen LogP contribution < -0.4 is 4.90 Å². The zero-order valence-electron chi connectivity index (χ0n) is 11.1. The van der Waals surface area contributed by atoms with Crippen molar-refractivity contribution in [3.8, 4) is 0 Å². The topological polar surface area (TPSA) is 53.4 Å². The molecule has 1 saturated heterocycles. The van der Waals surface area contributed by atoms with Gasteiger partial charge in [0.15, 0.2) is 0 Å². The molecule has 2 heterocycles. The molecule has 20 heavy (non-hydrogen) atoms. The number of carboxylic acid groups (broad SMARTS) is 1. The number of pyridine rings is 1. The average molecular weight is 288 g/mol. The van der Waals surface area contributed by atoms with Gasteiger partial charge in [0.25, 0.3) is 0 Å². The van der Waals surface area contributed by atoms with E-state index in [1.54, 1.807) is 4.90 Å². The smallest absolute Gasteiger partial charge is 0.433 e. The van der Waals surface area contributed by atoms with E-state index < -0.39 is 17.8 Å². The summed E-state index contributed by atoms with van der Waals surface area (Å²) in [6.07, 6.45) is -4.58. The number of hydrogen-bond acceptors (Lipinski definition) is 3. The molecule has 110 valence electrons. The van der Waals surface area contributed by atoms with Crippen LogP contribution in [-0.4, -0.2) is 29.1 Å². The first-order chi connectivity index (χ1) is 9.20. The van der Waals surface area contributed by atoms with Crippen LogP contribution in [0.1, 0.15) is 29.9 Å². The molecule has 0 spiro atoms. The molecule has 4 nitrogen and oxygen atoms in total. The van der Waals surface area contributed by atoms with E-state index in [4.69, 9.17) is 5.11 Å². The van der Waals surface area contributed by atoms with Gasteiger partial charge in [0.2, 0.25) is 0 Å². The van der Waals surface area contributed by atoms with Crippen molar-refractivity contribution in [3.05, 3.63) is 23.4 Å². The number of halogens is 3. The van der Waals surface area contributed by atoms with E-state index in [9.17, 15) is 18.0 Å². The van der Waals surface area contributed by atoms with Crippen LogP contribution in [-0.2, 0) is 6.18 Å². The molecule has 1 fully saturated rings. The van der Waals surface area contributed by atoms with Crippen molar-refractivity contribution in [1.29, 1.82) is 0 Å². The van der Waals surface area contributed by atoms with Gasteiger partial charge in [-0.05, 0) is 24.0 Å². The number of anilines is 1. The third-order valence-corrected chi connectivity index (χ3v) is 3.68. The minimum absolute atomic E-state index is 0.0940. The van der Waals surface area contributed by atoms with Crippen molar-refractivity contribution >= 4 is 11.8 Å². The molecule has 0 amide bonds. The lowest BCUT2D eigenvalue weighted by Gasteiger charge is -2.20. The van der Waals surface area contributed by atoms with Gasteiger partial charge in [0.05, 0.1) is 0 Å². The normalized spacial score (nSPS) is 23.1. The number of alkyl halides is 3. The summed E-state index contributed by atoms with van der Waals surface area (Å²) in [5.74, 6) is -0.794. The fourth-order valence-electron chi connectivity index (χ4n) is 2.32. The van der Waals surface area contributed by atoms with E-state index in [2.05, 4.69) is 4.98 Å². The highest BCUT2D eigenvalue weighted by Gasteiger charge is 2.36.